The number of aromatic nitrogens is 2. The predicted octanol–water partition coefficient (Wildman–Crippen LogP) is 3.52. The molecule has 0 fully saturated rings. The molecule has 0 radical (unpaired) electrons. The smallest absolute Gasteiger partial charge is 0.255 e. The zero-order valence-corrected chi connectivity index (χ0v) is 15.4. The molecule has 0 aliphatic carbocycles. The van der Waals surface area contributed by atoms with Crippen molar-refractivity contribution in [2.24, 2.45) is 0 Å². The van der Waals surface area contributed by atoms with E-state index in [1.165, 1.54) is 0 Å². The first-order valence-electron chi connectivity index (χ1n) is 8.41. The van der Waals surface area contributed by atoms with Crippen LogP contribution in [0.15, 0.2) is 30.6 Å². The van der Waals surface area contributed by atoms with Gasteiger partial charge in [-0.25, -0.2) is 0 Å². The third-order valence-corrected chi connectivity index (χ3v) is 4.19. The second kappa shape index (κ2) is 7.89. The molecule has 0 aliphatic rings. The molecule has 0 spiro atoms. The van der Waals surface area contributed by atoms with Crippen LogP contribution in [-0.4, -0.2) is 34.9 Å². The minimum absolute atomic E-state index is 0.00890. The highest BCUT2D eigenvalue weighted by Gasteiger charge is 2.21. The van der Waals surface area contributed by atoms with Crippen LogP contribution in [0.5, 0.6) is 0 Å². The number of amides is 1. The fraction of sp³-hybridized carbons (Fsp3) is 0.400. The van der Waals surface area contributed by atoms with Gasteiger partial charge in [-0.2, -0.15) is 5.26 Å². The van der Waals surface area contributed by atoms with Crippen LogP contribution in [0.3, 0.4) is 0 Å². The molecule has 2 aromatic rings. The van der Waals surface area contributed by atoms with E-state index in [9.17, 15) is 10.1 Å². The first-order valence-corrected chi connectivity index (χ1v) is 8.41. The lowest BCUT2D eigenvalue weighted by molar-refractivity contribution is 0.0825. The Morgan fingerprint density at radius 1 is 1.16 bits per heavy atom. The number of rotatable bonds is 5. The van der Waals surface area contributed by atoms with E-state index in [1.807, 2.05) is 26.8 Å². The normalized spacial score (nSPS) is 11.9. The SMILES string of the molecule is CC(C)c1nccc(CC(C)c2ncccc2C(=O)N(C)C)c1C#N. The number of carbonyl (C=O) groups is 1. The largest absolute Gasteiger partial charge is 0.345 e. The number of nitrogens with zero attached hydrogens (tertiary/aromatic N) is 4. The van der Waals surface area contributed by atoms with Crippen molar-refractivity contribution in [2.45, 2.75) is 39.0 Å². The van der Waals surface area contributed by atoms with E-state index in [0.29, 0.717) is 17.5 Å². The second-order valence-corrected chi connectivity index (χ2v) is 6.74. The summed E-state index contributed by atoms with van der Waals surface area (Å²) in [5.74, 6) is 0.133. The fourth-order valence-corrected chi connectivity index (χ4v) is 2.92. The third kappa shape index (κ3) is 4.03. The monoisotopic (exact) mass is 336 g/mol. The Morgan fingerprint density at radius 3 is 2.44 bits per heavy atom. The zero-order chi connectivity index (χ0) is 18.6. The van der Waals surface area contributed by atoms with Crippen molar-refractivity contribution in [3.63, 3.8) is 0 Å². The maximum atomic E-state index is 12.4. The Bertz CT molecular complexity index is 806. The predicted molar refractivity (Wildman–Crippen MR) is 97.4 cm³/mol. The molecule has 0 bridgehead atoms. The van der Waals surface area contributed by atoms with Crippen LogP contribution >= 0.6 is 0 Å². The van der Waals surface area contributed by atoms with Gasteiger partial charge in [0.15, 0.2) is 0 Å². The Kier molecular flexibility index (Phi) is 5.87. The molecule has 2 rings (SSSR count). The molecule has 130 valence electrons. The molecule has 5 heteroatoms. The number of nitriles is 1. The Hall–Kier alpha value is -2.74. The van der Waals surface area contributed by atoms with E-state index in [4.69, 9.17) is 0 Å². The zero-order valence-electron chi connectivity index (χ0n) is 15.4. The second-order valence-electron chi connectivity index (χ2n) is 6.74. The molecular weight excluding hydrogens is 312 g/mol. The number of hydrogen-bond acceptors (Lipinski definition) is 4. The van der Waals surface area contributed by atoms with Crippen LogP contribution in [-0.2, 0) is 6.42 Å². The summed E-state index contributed by atoms with van der Waals surface area (Å²) in [6.45, 7) is 6.09. The third-order valence-electron chi connectivity index (χ3n) is 4.19. The number of pyridine rings is 2. The van der Waals surface area contributed by atoms with E-state index in [-0.39, 0.29) is 17.7 Å². The highest BCUT2D eigenvalue weighted by Crippen LogP contribution is 2.26. The van der Waals surface area contributed by atoms with Crippen LogP contribution in [0.4, 0.5) is 0 Å². The average Bonchev–Trinajstić information content (AvgIpc) is 2.60. The molecular formula is C20H24N4O. The summed E-state index contributed by atoms with van der Waals surface area (Å²) < 4.78 is 0. The van der Waals surface area contributed by atoms with Crippen molar-refractivity contribution in [3.05, 3.63) is 58.7 Å². The molecule has 1 atom stereocenters. The molecule has 0 saturated heterocycles. The van der Waals surface area contributed by atoms with Crippen molar-refractivity contribution >= 4 is 5.91 Å². The molecule has 0 aliphatic heterocycles. The molecule has 2 aromatic heterocycles. The Morgan fingerprint density at radius 2 is 1.84 bits per heavy atom. The molecule has 0 aromatic carbocycles. The summed E-state index contributed by atoms with van der Waals surface area (Å²) in [6, 6.07) is 7.76. The lowest BCUT2D eigenvalue weighted by Gasteiger charge is -2.18. The molecule has 0 saturated carbocycles. The quantitative estimate of drug-likeness (QED) is 0.837. The molecule has 1 amide bonds. The van der Waals surface area contributed by atoms with Gasteiger partial charge in [0.05, 0.1) is 22.5 Å². The van der Waals surface area contributed by atoms with Gasteiger partial charge in [0.25, 0.3) is 5.91 Å². The van der Waals surface area contributed by atoms with Crippen LogP contribution in [0.1, 0.15) is 65.5 Å². The molecule has 1 unspecified atom stereocenters. The van der Waals surface area contributed by atoms with E-state index in [0.717, 1.165) is 17.0 Å². The minimum Gasteiger partial charge on any atom is -0.345 e. The fourth-order valence-electron chi connectivity index (χ4n) is 2.92. The highest BCUT2D eigenvalue weighted by molar-refractivity contribution is 5.95. The van der Waals surface area contributed by atoms with Gasteiger partial charge in [-0.1, -0.05) is 20.8 Å². The molecule has 0 N–H and O–H groups in total. The van der Waals surface area contributed by atoms with Crippen molar-refractivity contribution in [1.29, 1.82) is 5.26 Å². The van der Waals surface area contributed by atoms with Crippen LogP contribution in [0.2, 0.25) is 0 Å². The van der Waals surface area contributed by atoms with Crippen LogP contribution < -0.4 is 0 Å². The van der Waals surface area contributed by atoms with E-state index in [2.05, 4.69) is 16.0 Å². The van der Waals surface area contributed by atoms with Crippen molar-refractivity contribution in [2.75, 3.05) is 14.1 Å². The minimum atomic E-state index is -0.0620. The Labute approximate surface area is 149 Å². The van der Waals surface area contributed by atoms with Gasteiger partial charge < -0.3 is 4.90 Å². The summed E-state index contributed by atoms with van der Waals surface area (Å²) in [5.41, 5.74) is 3.77. The van der Waals surface area contributed by atoms with E-state index < -0.39 is 0 Å². The van der Waals surface area contributed by atoms with Crippen LogP contribution in [0, 0.1) is 11.3 Å². The van der Waals surface area contributed by atoms with E-state index in [1.54, 1.807) is 43.5 Å². The van der Waals surface area contributed by atoms with Gasteiger partial charge in [0.2, 0.25) is 0 Å². The first-order chi connectivity index (χ1) is 11.9. The number of carbonyl (C=O) groups excluding carboxylic acids is 1. The maximum Gasteiger partial charge on any atom is 0.255 e. The maximum absolute atomic E-state index is 12.4. The number of hydrogen-bond donors (Lipinski definition) is 0. The summed E-state index contributed by atoms with van der Waals surface area (Å²) in [5, 5.41) is 9.58. The standard InChI is InChI=1S/C20H24N4O/c1-13(2)18-17(12-21)15(8-10-23-18)11-14(3)19-16(7-6-9-22-19)20(25)24(4)5/h6-10,13-14H,11H2,1-5H3. The van der Waals surface area contributed by atoms with Gasteiger partial charge in [0.1, 0.15) is 6.07 Å². The highest BCUT2D eigenvalue weighted by atomic mass is 16.2. The van der Waals surface area contributed by atoms with Crippen molar-refractivity contribution in [3.8, 4) is 6.07 Å². The average molecular weight is 336 g/mol. The Balaban J connectivity index is 2.39. The summed E-state index contributed by atoms with van der Waals surface area (Å²) >= 11 is 0. The summed E-state index contributed by atoms with van der Waals surface area (Å²) in [7, 11) is 3.46. The van der Waals surface area contributed by atoms with Gasteiger partial charge in [0, 0.05) is 32.4 Å². The van der Waals surface area contributed by atoms with Crippen molar-refractivity contribution in [1.82, 2.24) is 14.9 Å². The van der Waals surface area contributed by atoms with Gasteiger partial charge in [-0.05, 0) is 36.1 Å². The van der Waals surface area contributed by atoms with Crippen LogP contribution in [0.25, 0.3) is 0 Å². The van der Waals surface area contributed by atoms with Gasteiger partial charge in [-0.3, -0.25) is 14.8 Å². The van der Waals surface area contributed by atoms with Gasteiger partial charge in [-0.15, -0.1) is 0 Å². The van der Waals surface area contributed by atoms with E-state index >= 15 is 0 Å². The summed E-state index contributed by atoms with van der Waals surface area (Å²) in [6.07, 6.45) is 4.09. The van der Waals surface area contributed by atoms with Crippen molar-refractivity contribution < 1.29 is 4.79 Å². The molecule has 2 heterocycles. The first kappa shape index (κ1) is 18.6. The topological polar surface area (TPSA) is 69.9 Å². The lowest BCUT2D eigenvalue weighted by Crippen LogP contribution is -2.24. The van der Waals surface area contributed by atoms with Gasteiger partial charge >= 0.3 is 0 Å². The molecule has 25 heavy (non-hydrogen) atoms. The lowest BCUT2D eigenvalue weighted by atomic mass is 9.90. The molecule has 5 nitrogen and oxygen atoms in total. The summed E-state index contributed by atoms with van der Waals surface area (Å²) in [4.78, 5) is 22.8.